The van der Waals surface area contributed by atoms with Crippen LogP contribution >= 0.6 is 11.8 Å². The van der Waals surface area contributed by atoms with Crippen molar-refractivity contribution in [3.63, 3.8) is 0 Å². The minimum Gasteiger partial charge on any atom is -0.354 e. The van der Waals surface area contributed by atoms with Crippen molar-refractivity contribution in [2.45, 2.75) is 58.4 Å². The van der Waals surface area contributed by atoms with Crippen molar-refractivity contribution in [3.8, 4) is 0 Å². The molecule has 0 aromatic heterocycles. The lowest BCUT2D eigenvalue weighted by Crippen LogP contribution is -2.49. The lowest BCUT2D eigenvalue weighted by molar-refractivity contribution is -0.139. The predicted molar refractivity (Wildman–Crippen MR) is 126 cm³/mol. The molecule has 30 heavy (non-hydrogen) atoms. The molecule has 5 heteroatoms. The Morgan fingerprint density at radius 2 is 1.77 bits per heavy atom. The van der Waals surface area contributed by atoms with Crippen molar-refractivity contribution in [2.24, 2.45) is 0 Å². The van der Waals surface area contributed by atoms with Gasteiger partial charge < -0.3 is 10.2 Å². The van der Waals surface area contributed by atoms with Gasteiger partial charge in [-0.15, -0.1) is 11.8 Å². The molecule has 1 atom stereocenters. The van der Waals surface area contributed by atoms with Gasteiger partial charge in [0.25, 0.3) is 0 Å². The number of amides is 2. The third-order valence-corrected chi connectivity index (χ3v) is 5.98. The van der Waals surface area contributed by atoms with Crippen molar-refractivity contribution < 1.29 is 9.59 Å². The lowest BCUT2D eigenvalue weighted by atomic mass is 10.1. The quantitative estimate of drug-likeness (QED) is 0.489. The van der Waals surface area contributed by atoms with Gasteiger partial charge in [0.2, 0.25) is 11.8 Å². The first kappa shape index (κ1) is 24.0. The summed E-state index contributed by atoms with van der Waals surface area (Å²) < 4.78 is 0. The molecular formula is C25H34N2O2S. The first-order chi connectivity index (χ1) is 14.5. The number of benzene rings is 2. The van der Waals surface area contributed by atoms with Crippen LogP contribution in [0.5, 0.6) is 0 Å². The molecule has 0 fully saturated rings. The maximum absolute atomic E-state index is 13.2. The molecule has 2 amide bonds. The van der Waals surface area contributed by atoms with E-state index >= 15 is 0 Å². The second-order valence-corrected chi connectivity index (χ2v) is 8.54. The summed E-state index contributed by atoms with van der Waals surface area (Å²) in [7, 11) is 0. The molecule has 0 bridgehead atoms. The van der Waals surface area contributed by atoms with Crippen LogP contribution in [-0.4, -0.2) is 35.1 Å². The summed E-state index contributed by atoms with van der Waals surface area (Å²) in [4.78, 5) is 27.8. The van der Waals surface area contributed by atoms with Gasteiger partial charge in [0.05, 0.1) is 5.75 Å². The fourth-order valence-electron chi connectivity index (χ4n) is 3.35. The number of rotatable bonds is 12. The summed E-state index contributed by atoms with van der Waals surface area (Å²) in [5, 5.41) is 3.01. The zero-order valence-electron chi connectivity index (χ0n) is 18.4. The minimum absolute atomic E-state index is 0.00919. The normalized spacial score (nSPS) is 11.7. The minimum atomic E-state index is -0.452. The van der Waals surface area contributed by atoms with Crippen molar-refractivity contribution in [1.29, 1.82) is 0 Å². The third-order valence-electron chi connectivity index (χ3n) is 4.99. The summed E-state index contributed by atoms with van der Waals surface area (Å²) in [6.07, 6.45) is 2.57. The van der Waals surface area contributed by atoms with Gasteiger partial charge in [-0.25, -0.2) is 0 Å². The van der Waals surface area contributed by atoms with Gasteiger partial charge in [0.15, 0.2) is 0 Å². The summed E-state index contributed by atoms with van der Waals surface area (Å²) in [6, 6.07) is 17.8. The average molecular weight is 427 g/mol. The number of carbonyl (C=O) groups excluding carboxylic acids is 2. The maximum atomic E-state index is 13.2. The van der Waals surface area contributed by atoms with E-state index in [1.165, 1.54) is 5.56 Å². The fourth-order valence-corrected chi connectivity index (χ4v) is 4.22. The van der Waals surface area contributed by atoms with Crippen LogP contribution in [0, 0.1) is 6.92 Å². The van der Waals surface area contributed by atoms with E-state index in [2.05, 4.69) is 30.4 Å². The topological polar surface area (TPSA) is 49.4 Å². The van der Waals surface area contributed by atoms with E-state index < -0.39 is 6.04 Å². The van der Waals surface area contributed by atoms with E-state index in [9.17, 15) is 9.59 Å². The molecule has 0 saturated carbocycles. The summed E-state index contributed by atoms with van der Waals surface area (Å²) in [5.41, 5.74) is 3.40. The van der Waals surface area contributed by atoms with E-state index in [4.69, 9.17) is 0 Å². The van der Waals surface area contributed by atoms with Crippen LogP contribution in [0.25, 0.3) is 0 Å². The smallest absolute Gasteiger partial charge is 0.242 e. The Hall–Kier alpha value is -2.27. The number of unbranched alkanes of at least 4 members (excludes halogenated alkanes) is 1. The molecule has 0 heterocycles. The zero-order chi connectivity index (χ0) is 21.8. The molecule has 2 aromatic rings. The Bertz CT molecular complexity index is 795. The molecule has 0 aliphatic rings. The Labute approximate surface area is 185 Å². The summed E-state index contributed by atoms with van der Waals surface area (Å²) >= 11 is 1.59. The third kappa shape index (κ3) is 7.86. The zero-order valence-corrected chi connectivity index (χ0v) is 19.2. The molecule has 2 aromatic carbocycles. The van der Waals surface area contributed by atoms with Crippen molar-refractivity contribution in [3.05, 3.63) is 71.3 Å². The first-order valence-corrected chi connectivity index (χ1v) is 11.9. The monoisotopic (exact) mass is 426 g/mol. The van der Waals surface area contributed by atoms with Crippen LogP contribution in [0.15, 0.2) is 54.6 Å². The number of thioether (sulfide) groups is 1. The molecule has 0 spiro atoms. The van der Waals surface area contributed by atoms with E-state index in [1.54, 1.807) is 16.7 Å². The number of hydrogen-bond donors (Lipinski definition) is 1. The molecule has 162 valence electrons. The predicted octanol–water partition coefficient (Wildman–Crippen LogP) is 4.95. The van der Waals surface area contributed by atoms with Crippen LogP contribution in [0.2, 0.25) is 0 Å². The Morgan fingerprint density at radius 1 is 1.03 bits per heavy atom. The van der Waals surface area contributed by atoms with E-state index in [-0.39, 0.29) is 11.8 Å². The molecule has 0 radical (unpaired) electrons. The van der Waals surface area contributed by atoms with Crippen molar-refractivity contribution >= 4 is 23.6 Å². The molecular weight excluding hydrogens is 392 g/mol. The second-order valence-electron chi connectivity index (χ2n) is 7.56. The molecule has 1 N–H and O–H groups in total. The Balaban J connectivity index is 2.09. The highest BCUT2D eigenvalue weighted by Crippen LogP contribution is 2.17. The fraction of sp³-hybridized carbons (Fsp3) is 0.440. The van der Waals surface area contributed by atoms with Crippen molar-refractivity contribution in [1.82, 2.24) is 10.2 Å². The molecule has 4 nitrogen and oxygen atoms in total. The number of aryl methyl sites for hydroxylation is 1. The van der Waals surface area contributed by atoms with Gasteiger partial charge in [-0.05, 0) is 30.9 Å². The molecule has 2 rings (SSSR count). The molecule has 0 aliphatic carbocycles. The van der Waals surface area contributed by atoms with E-state index in [0.717, 1.165) is 29.7 Å². The van der Waals surface area contributed by atoms with Gasteiger partial charge in [0, 0.05) is 18.8 Å². The lowest BCUT2D eigenvalue weighted by Gasteiger charge is -2.30. The first-order valence-electron chi connectivity index (χ1n) is 10.8. The standard InChI is InChI=1S/C25H34N2O2S/c1-4-6-15-26-25(29)23(5-2)27(17-22-14-10-11-20(3)16-22)24(28)19-30-18-21-12-8-7-9-13-21/h7-14,16,23H,4-6,15,17-19H2,1-3H3,(H,26,29)/t23-/m0/s1. The summed E-state index contributed by atoms with van der Waals surface area (Å²) in [5.74, 6) is 1.10. The van der Waals surface area contributed by atoms with Crippen molar-refractivity contribution in [2.75, 3.05) is 12.3 Å². The Morgan fingerprint density at radius 3 is 2.43 bits per heavy atom. The van der Waals surface area contributed by atoms with Gasteiger partial charge in [-0.1, -0.05) is 80.4 Å². The highest BCUT2D eigenvalue weighted by molar-refractivity contribution is 7.99. The molecule has 0 unspecified atom stereocenters. The highest BCUT2D eigenvalue weighted by atomic mass is 32.2. The van der Waals surface area contributed by atoms with Gasteiger partial charge >= 0.3 is 0 Å². The number of nitrogens with one attached hydrogen (secondary N) is 1. The van der Waals surface area contributed by atoms with Gasteiger partial charge in [0.1, 0.15) is 6.04 Å². The SMILES string of the molecule is CCCCNC(=O)[C@H](CC)N(Cc1cccc(C)c1)C(=O)CSCc1ccccc1. The van der Waals surface area contributed by atoms with Crippen LogP contribution < -0.4 is 5.32 Å². The second kappa shape index (κ2) is 13.1. The maximum Gasteiger partial charge on any atom is 0.242 e. The number of nitrogens with zero attached hydrogens (tertiary/aromatic N) is 1. The van der Waals surface area contributed by atoms with Crippen LogP contribution in [0.3, 0.4) is 0 Å². The average Bonchev–Trinajstić information content (AvgIpc) is 2.74. The Kier molecular flexibility index (Phi) is 10.5. The van der Waals surface area contributed by atoms with E-state index in [1.807, 2.05) is 50.2 Å². The number of hydrogen-bond acceptors (Lipinski definition) is 3. The van der Waals surface area contributed by atoms with Gasteiger partial charge in [-0.3, -0.25) is 9.59 Å². The highest BCUT2D eigenvalue weighted by Gasteiger charge is 2.28. The van der Waals surface area contributed by atoms with Crippen LogP contribution in [0.4, 0.5) is 0 Å². The van der Waals surface area contributed by atoms with Crippen LogP contribution in [-0.2, 0) is 21.9 Å². The molecule has 0 saturated heterocycles. The molecule has 0 aliphatic heterocycles. The largest absolute Gasteiger partial charge is 0.354 e. The van der Waals surface area contributed by atoms with E-state index in [0.29, 0.717) is 25.3 Å². The summed E-state index contributed by atoms with van der Waals surface area (Å²) in [6.45, 7) is 7.21. The van der Waals surface area contributed by atoms with Gasteiger partial charge in [-0.2, -0.15) is 0 Å². The van der Waals surface area contributed by atoms with Crippen LogP contribution in [0.1, 0.15) is 49.8 Å². The number of carbonyl (C=O) groups is 2.